The SMILES string of the molecule is COCC(C)CNc1ccc(CN2CCCC2)cc1. The van der Waals surface area contributed by atoms with E-state index in [0.29, 0.717) is 5.92 Å². The van der Waals surface area contributed by atoms with Crippen LogP contribution in [-0.2, 0) is 11.3 Å². The third kappa shape index (κ3) is 4.84. The molecule has 0 aromatic heterocycles. The van der Waals surface area contributed by atoms with E-state index in [4.69, 9.17) is 4.74 Å². The Morgan fingerprint density at radius 2 is 1.89 bits per heavy atom. The summed E-state index contributed by atoms with van der Waals surface area (Å²) in [7, 11) is 1.75. The Bertz CT molecular complexity index is 358. The van der Waals surface area contributed by atoms with E-state index >= 15 is 0 Å². The van der Waals surface area contributed by atoms with Gasteiger partial charge < -0.3 is 10.1 Å². The minimum atomic E-state index is 0.536. The van der Waals surface area contributed by atoms with Crippen molar-refractivity contribution in [2.75, 3.05) is 38.7 Å². The molecule has 0 bridgehead atoms. The van der Waals surface area contributed by atoms with Gasteiger partial charge in [-0.15, -0.1) is 0 Å². The fraction of sp³-hybridized carbons (Fsp3) is 0.625. The molecule has 1 unspecified atom stereocenters. The molecule has 1 saturated heterocycles. The average Bonchev–Trinajstić information content (AvgIpc) is 2.91. The monoisotopic (exact) mass is 262 g/mol. The van der Waals surface area contributed by atoms with Gasteiger partial charge in [0.05, 0.1) is 6.61 Å². The Morgan fingerprint density at radius 1 is 1.21 bits per heavy atom. The van der Waals surface area contributed by atoms with E-state index in [9.17, 15) is 0 Å². The smallest absolute Gasteiger partial charge is 0.0504 e. The van der Waals surface area contributed by atoms with Gasteiger partial charge in [0.15, 0.2) is 0 Å². The van der Waals surface area contributed by atoms with Gasteiger partial charge in [-0.3, -0.25) is 4.90 Å². The summed E-state index contributed by atoms with van der Waals surface area (Å²) in [4.78, 5) is 2.53. The molecular weight excluding hydrogens is 236 g/mol. The van der Waals surface area contributed by atoms with Crippen molar-refractivity contribution in [1.82, 2.24) is 4.90 Å². The van der Waals surface area contributed by atoms with Crippen molar-refractivity contribution in [2.24, 2.45) is 5.92 Å². The first-order valence-corrected chi connectivity index (χ1v) is 7.32. The van der Waals surface area contributed by atoms with E-state index < -0.39 is 0 Å². The molecule has 1 atom stereocenters. The van der Waals surface area contributed by atoms with E-state index in [2.05, 4.69) is 41.4 Å². The van der Waals surface area contributed by atoms with Gasteiger partial charge in [-0.05, 0) is 49.5 Å². The number of likely N-dealkylation sites (tertiary alicyclic amines) is 1. The van der Waals surface area contributed by atoms with E-state index in [-0.39, 0.29) is 0 Å². The van der Waals surface area contributed by atoms with Crippen LogP contribution in [0.3, 0.4) is 0 Å². The summed E-state index contributed by atoms with van der Waals surface area (Å²) in [5.41, 5.74) is 2.62. The molecule has 0 amide bonds. The number of hydrogen-bond acceptors (Lipinski definition) is 3. The molecule has 1 aromatic carbocycles. The first kappa shape index (κ1) is 14.4. The first-order valence-electron chi connectivity index (χ1n) is 7.32. The highest BCUT2D eigenvalue weighted by molar-refractivity contribution is 5.44. The topological polar surface area (TPSA) is 24.5 Å². The van der Waals surface area contributed by atoms with Crippen LogP contribution in [0.2, 0.25) is 0 Å². The van der Waals surface area contributed by atoms with Crippen LogP contribution < -0.4 is 5.32 Å². The molecule has 0 spiro atoms. The van der Waals surface area contributed by atoms with Gasteiger partial charge in [-0.25, -0.2) is 0 Å². The lowest BCUT2D eigenvalue weighted by Crippen LogP contribution is -2.18. The molecule has 1 aromatic rings. The number of nitrogens with one attached hydrogen (secondary N) is 1. The minimum absolute atomic E-state index is 0.536. The number of ether oxygens (including phenoxy) is 1. The summed E-state index contributed by atoms with van der Waals surface area (Å²) in [6, 6.07) is 8.85. The molecule has 3 nitrogen and oxygen atoms in total. The van der Waals surface area contributed by atoms with Crippen LogP contribution in [0.25, 0.3) is 0 Å². The van der Waals surface area contributed by atoms with Gasteiger partial charge in [0, 0.05) is 25.9 Å². The van der Waals surface area contributed by atoms with Gasteiger partial charge in [-0.2, -0.15) is 0 Å². The Kier molecular flexibility index (Phi) is 5.67. The molecule has 1 fully saturated rings. The number of anilines is 1. The van der Waals surface area contributed by atoms with Crippen LogP contribution in [0.1, 0.15) is 25.3 Å². The summed E-state index contributed by atoms with van der Waals surface area (Å²) >= 11 is 0. The van der Waals surface area contributed by atoms with Crippen molar-refractivity contribution in [3.8, 4) is 0 Å². The molecule has 2 rings (SSSR count). The van der Waals surface area contributed by atoms with Crippen molar-refractivity contribution in [2.45, 2.75) is 26.3 Å². The number of hydrogen-bond donors (Lipinski definition) is 1. The van der Waals surface area contributed by atoms with E-state index in [1.165, 1.54) is 37.2 Å². The van der Waals surface area contributed by atoms with Gasteiger partial charge in [-0.1, -0.05) is 19.1 Å². The maximum absolute atomic E-state index is 5.14. The second-order valence-corrected chi connectivity index (χ2v) is 5.62. The second-order valence-electron chi connectivity index (χ2n) is 5.62. The van der Waals surface area contributed by atoms with E-state index in [0.717, 1.165) is 19.7 Å². The number of benzene rings is 1. The lowest BCUT2D eigenvalue weighted by Gasteiger charge is -2.16. The minimum Gasteiger partial charge on any atom is -0.385 e. The van der Waals surface area contributed by atoms with Gasteiger partial charge in [0.2, 0.25) is 0 Å². The molecule has 19 heavy (non-hydrogen) atoms. The molecule has 106 valence electrons. The Morgan fingerprint density at radius 3 is 2.53 bits per heavy atom. The van der Waals surface area contributed by atoms with Crippen molar-refractivity contribution in [1.29, 1.82) is 0 Å². The van der Waals surface area contributed by atoms with Crippen LogP contribution >= 0.6 is 0 Å². The number of nitrogens with zero attached hydrogens (tertiary/aromatic N) is 1. The van der Waals surface area contributed by atoms with Crippen LogP contribution in [0.15, 0.2) is 24.3 Å². The summed E-state index contributed by atoms with van der Waals surface area (Å²) in [5, 5.41) is 3.46. The molecule has 1 heterocycles. The summed E-state index contributed by atoms with van der Waals surface area (Å²) in [6.07, 6.45) is 2.72. The summed E-state index contributed by atoms with van der Waals surface area (Å²) in [6.45, 7) is 7.57. The lowest BCUT2D eigenvalue weighted by molar-refractivity contribution is 0.164. The standard InChI is InChI=1S/C16H26N2O/c1-14(13-19-2)11-17-16-7-5-15(6-8-16)12-18-9-3-4-10-18/h5-8,14,17H,3-4,9-13H2,1-2H3. The van der Waals surface area contributed by atoms with Crippen LogP contribution in [0, 0.1) is 5.92 Å². The fourth-order valence-electron chi connectivity index (χ4n) is 2.56. The molecule has 1 N–H and O–H groups in total. The van der Waals surface area contributed by atoms with Gasteiger partial charge in [0.1, 0.15) is 0 Å². The quantitative estimate of drug-likeness (QED) is 0.817. The normalized spacial score (nSPS) is 17.6. The van der Waals surface area contributed by atoms with E-state index in [1.807, 2.05) is 0 Å². The summed E-state index contributed by atoms with van der Waals surface area (Å²) < 4.78 is 5.14. The zero-order chi connectivity index (χ0) is 13.5. The third-order valence-electron chi connectivity index (χ3n) is 3.66. The van der Waals surface area contributed by atoms with Crippen molar-refractivity contribution in [3.63, 3.8) is 0 Å². The molecule has 0 radical (unpaired) electrons. The highest BCUT2D eigenvalue weighted by Crippen LogP contribution is 2.15. The van der Waals surface area contributed by atoms with Crippen LogP contribution in [0.4, 0.5) is 5.69 Å². The number of rotatable bonds is 7. The average molecular weight is 262 g/mol. The Labute approximate surface area is 116 Å². The largest absolute Gasteiger partial charge is 0.385 e. The van der Waals surface area contributed by atoms with Crippen molar-refractivity contribution >= 4 is 5.69 Å². The van der Waals surface area contributed by atoms with Crippen LogP contribution in [0.5, 0.6) is 0 Å². The second kappa shape index (κ2) is 7.51. The fourth-order valence-corrected chi connectivity index (χ4v) is 2.56. The molecule has 0 saturated carbocycles. The molecular formula is C16H26N2O. The zero-order valence-corrected chi connectivity index (χ0v) is 12.2. The molecule has 3 heteroatoms. The maximum Gasteiger partial charge on any atom is 0.0504 e. The van der Waals surface area contributed by atoms with Crippen molar-refractivity contribution in [3.05, 3.63) is 29.8 Å². The third-order valence-corrected chi connectivity index (χ3v) is 3.66. The first-order chi connectivity index (χ1) is 9.28. The number of methoxy groups -OCH3 is 1. The van der Waals surface area contributed by atoms with Gasteiger partial charge in [0.25, 0.3) is 0 Å². The highest BCUT2D eigenvalue weighted by Gasteiger charge is 2.11. The van der Waals surface area contributed by atoms with Gasteiger partial charge >= 0.3 is 0 Å². The zero-order valence-electron chi connectivity index (χ0n) is 12.2. The van der Waals surface area contributed by atoms with Crippen molar-refractivity contribution < 1.29 is 4.74 Å². The predicted octanol–water partition coefficient (Wildman–Crippen LogP) is 2.98. The Hall–Kier alpha value is -1.06. The Balaban J connectivity index is 1.77. The van der Waals surface area contributed by atoms with Crippen LogP contribution in [-0.4, -0.2) is 38.3 Å². The highest BCUT2D eigenvalue weighted by atomic mass is 16.5. The predicted molar refractivity (Wildman–Crippen MR) is 80.5 cm³/mol. The molecule has 1 aliphatic rings. The summed E-state index contributed by atoms with van der Waals surface area (Å²) in [5.74, 6) is 0.536. The maximum atomic E-state index is 5.14. The lowest BCUT2D eigenvalue weighted by atomic mass is 10.1. The molecule has 1 aliphatic heterocycles. The molecule has 0 aliphatic carbocycles. The van der Waals surface area contributed by atoms with E-state index in [1.54, 1.807) is 7.11 Å².